The van der Waals surface area contributed by atoms with E-state index in [2.05, 4.69) is 31.5 Å². The Labute approximate surface area is 124 Å². The van der Waals surface area contributed by atoms with Crippen LogP contribution >= 0.6 is 27.5 Å². The molecule has 0 aliphatic carbocycles. The summed E-state index contributed by atoms with van der Waals surface area (Å²) in [5.41, 5.74) is 1.12. The minimum Gasteiger partial charge on any atom is -0.372 e. The number of benzene rings is 1. The van der Waals surface area contributed by atoms with Gasteiger partial charge in [-0.1, -0.05) is 27.5 Å². The van der Waals surface area contributed by atoms with Gasteiger partial charge >= 0.3 is 0 Å². The van der Waals surface area contributed by atoms with E-state index in [0.717, 1.165) is 4.47 Å². The van der Waals surface area contributed by atoms with Crippen molar-refractivity contribution in [1.82, 2.24) is 4.98 Å². The van der Waals surface area contributed by atoms with E-state index in [4.69, 9.17) is 11.6 Å². The third-order valence-electron chi connectivity index (χ3n) is 2.44. The summed E-state index contributed by atoms with van der Waals surface area (Å²) >= 11 is 9.32. The topological polar surface area (TPSA) is 54.0 Å². The highest BCUT2D eigenvalue weighted by Gasteiger charge is 2.09. The molecule has 1 heterocycles. The molecule has 0 unspecified atom stereocenters. The standard InChI is InChI=1S/C13H11BrClN3O/c1-16-12-11(15)6-8(7-17-12)13(19)18-10-4-2-9(14)3-5-10/h2-7H,1H3,(H,16,17)(H,18,19). The SMILES string of the molecule is CNc1ncc(C(=O)Nc2ccc(Br)cc2)cc1Cl. The van der Waals surface area contributed by atoms with Gasteiger partial charge in [-0.2, -0.15) is 0 Å². The lowest BCUT2D eigenvalue weighted by atomic mass is 10.2. The predicted octanol–water partition coefficient (Wildman–Crippen LogP) is 3.79. The van der Waals surface area contributed by atoms with Gasteiger partial charge in [0.1, 0.15) is 5.82 Å². The van der Waals surface area contributed by atoms with Crippen molar-refractivity contribution in [3.8, 4) is 0 Å². The largest absolute Gasteiger partial charge is 0.372 e. The van der Waals surface area contributed by atoms with Crippen molar-refractivity contribution in [1.29, 1.82) is 0 Å². The lowest BCUT2D eigenvalue weighted by molar-refractivity contribution is 0.102. The molecule has 1 amide bonds. The average molecular weight is 341 g/mol. The Morgan fingerprint density at radius 1 is 1.32 bits per heavy atom. The normalized spacial score (nSPS) is 10.1. The van der Waals surface area contributed by atoms with Gasteiger partial charge in [-0.3, -0.25) is 4.79 Å². The summed E-state index contributed by atoms with van der Waals surface area (Å²) in [6.07, 6.45) is 1.48. The van der Waals surface area contributed by atoms with E-state index in [1.54, 1.807) is 25.2 Å². The number of carbonyl (C=O) groups excluding carboxylic acids is 1. The quantitative estimate of drug-likeness (QED) is 0.894. The molecule has 98 valence electrons. The maximum Gasteiger partial charge on any atom is 0.257 e. The summed E-state index contributed by atoms with van der Waals surface area (Å²) in [5.74, 6) is 0.293. The van der Waals surface area contributed by atoms with E-state index in [1.807, 2.05) is 12.1 Å². The second-order valence-electron chi connectivity index (χ2n) is 3.77. The summed E-state index contributed by atoms with van der Waals surface area (Å²) in [5, 5.41) is 6.02. The smallest absolute Gasteiger partial charge is 0.257 e. The summed E-state index contributed by atoms with van der Waals surface area (Å²) in [6.45, 7) is 0. The van der Waals surface area contributed by atoms with Crippen LogP contribution in [0.2, 0.25) is 5.02 Å². The maximum atomic E-state index is 12.0. The first kappa shape index (κ1) is 13.8. The molecular formula is C13H11BrClN3O. The number of halogens is 2. The molecule has 0 saturated heterocycles. The van der Waals surface area contributed by atoms with Crippen LogP contribution < -0.4 is 10.6 Å². The van der Waals surface area contributed by atoms with Gasteiger partial charge in [0, 0.05) is 23.4 Å². The minimum atomic E-state index is -0.251. The Morgan fingerprint density at radius 3 is 2.58 bits per heavy atom. The number of pyridine rings is 1. The lowest BCUT2D eigenvalue weighted by Crippen LogP contribution is -2.12. The van der Waals surface area contributed by atoms with Crippen LogP contribution in [0.1, 0.15) is 10.4 Å². The zero-order chi connectivity index (χ0) is 13.8. The summed E-state index contributed by atoms with van der Waals surface area (Å²) in [4.78, 5) is 16.1. The second kappa shape index (κ2) is 6.04. The van der Waals surface area contributed by atoms with Crippen molar-refractivity contribution in [2.75, 3.05) is 17.7 Å². The van der Waals surface area contributed by atoms with Crippen molar-refractivity contribution in [3.05, 3.63) is 51.6 Å². The average Bonchev–Trinajstić information content (AvgIpc) is 2.41. The summed E-state index contributed by atoms with van der Waals surface area (Å²) < 4.78 is 0.952. The Morgan fingerprint density at radius 2 is 2.00 bits per heavy atom. The molecule has 0 atom stereocenters. The predicted molar refractivity (Wildman–Crippen MR) is 80.9 cm³/mol. The number of hydrogen-bond acceptors (Lipinski definition) is 3. The number of hydrogen-bond donors (Lipinski definition) is 2. The van der Waals surface area contributed by atoms with Gasteiger partial charge in [-0.05, 0) is 30.3 Å². The number of aromatic nitrogens is 1. The number of amides is 1. The molecule has 19 heavy (non-hydrogen) atoms. The van der Waals surface area contributed by atoms with Gasteiger partial charge in [0.25, 0.3) is 5.91 Å². The summed E-state index contributed by atoms with van der Waals surface area (Å²) in [7, 11) is 1.72. The Kier molecular flexibility index (Phi) is 4.39. The van der Waals surface area contributed by atoms with Crippen molar-refractivity contribution in [3.63, 3.8) is 0 Å². The highest BCUT2D eigenvalue weighted by atomic mass is 79.9. The maximum absolute atomic E-state index is 12.0. The molecule has 1 aromatic carbocycles. The Hall–Kier alpha value is -1.59. The van der Waals surface area contributed by atoms with Crippen molar-refractivity contribution < 1.29 is 4.79 Å². The molecule has 0 aliphatic heterocycles. The van der Waals surface area contributed by atoms with Gasteiger partial charge in [-0.15, -0.1) is 0 Å². The molecule has 2 rings (SSSR count). The van der Waals surface area contributed by atoms with Crippen molar-refractivity contribution >= 4 is 44.9 Å². The van der Waals surface area contributed by atoms with E-state index < -0.39 is 0 Å². The fourth-order valence-electron chi connectivity index (χ4n) is 1.48. The fraction of sp³-hybridized carbons (Fsp3) is 0.0769. The third-order valence-corrected chi connectivity index (χ3v) is 3.26. The first-order valence-electron chi connectivity index (χ1n) is 5.50. The van der Waals surface area contributed by atoms with E-state index in [-0.39, 0.29) is 5.91 Å². The number of nitrogens with one attached hydrogen (secondary N) is 2. The number of nitrogens with zero attached hydrogens (tertiary/aromatic N) is 1. The first-order valence-corrected chi connectivity index (χ1v) is 6.67. The van der Waals surface area contributed by atoms with Crippen molar-refractivity contribution in [2.24, 2.45) is 0 Å². The van der Waals surface area contributed by atoms with E-state index >= 15 is 0 Å². The second-order valence-corrected chi connectivity index (χ2v) is 5.09. The third kappa shape index (κ3) is 3.45. The summed E-state index contributed by atoms with van der Waals surface area (Å²) in [6, 6.07) is 8.89. The monoisotopic (exact) mass is 339 g/mol. The van der Waals surface area contributed by atoms with Crippen LogP contribution in [0.3, 0.4) is 0 Å². The molecule has 2 aromatic rings. The zero-order valence-corrected chi connectivity index (χ0v) is 12.4. The highest BCUT2D eigenvalue weighted by Crippen LogP contribution is 2.20. The minimum absolute atomic E-state index is 0.251. The van der Waals surface area contributed by atoms with E-state index in [0.29, 0.717) is 22.1 Å². The Bertz CT molecular complexity index is 601. The fourth-order valence-corrected chi connectivity index (χ4v) is 2.01. The molecule has 6 heteroatoms. The molecular weight excluding hydrogens is 330 g/mol. The Balaban J connectivity index is 2.16. The van der Waals surface area contributed by atoms with Gasteiger partial charge in [-0.25, -0.2) is 4.98 Å². The molecule has 4 nitrogen and oxygen atoms in total. The molecule has 0 spiro atoms. The van der Waals surface area contributed by atoms with Gasteiger partial charge < -0.3 is 10.6 Å². The molecule has 0 bridgehead atoms. The zero-order valence-electron chi connectivity index (χ0n) is 10.1. The number of rotatable bonds is 3. The van der Waals surface area contributed by atoms with E-state index in [1.165, 1.54) is 6.20 Å². The van der Waals surface area contributed by atoms with Crippen LogP contribution in [-0.4, -0.2) is 17.9 Å². The highest BCUT2D eigenvalue weighted by molar-refractivity contribution is 9.10. The van der Waals surface area contributed by atoms with Crippen LogP contribution in [0, 0.1) is 0 Å². The van der Waals surface area contributed by atoms with Crippen LogP contribution in [0.25, 0.3) is 0 Å². The van der Waals surface area contributed by atoms with Crippen LogP contribution in [-0.2, 0) is 0 Å². The van der Waals surface area contributed by atoms with E-state index in [9.17, 15) is 4.79 Å². The number of carbonyl (C=O) groups is 1. The lowest BCUT2D eigenvalue weighted by Gasteiger charge is -2.07. The van der Waals surface area contributed by atoms with Gasteiger partial charge in [0.15, 0.2) is 0 Å². The molecule has 0 radical (unpaired) electrons. The van der Waals surface area contributed by atoms with Gasteiger partial charge in [0.05, 0.1) is 10.6 Å². The molecule has 0 fully saturated rings. The number of anilines is 2. The molecule has 0 saturated carbocycles. The molecule has 2 N–H and O–H groups in total. The molecule has 1 aromatic heterocycles. The van der Waals surface area contributed by atoms with Crippen LogP contribution in [0.5, 0.6) is 0 Å². The van der Waals surface area contributed by atoms with Crippen LogP contribution in [0.15, 0.2) is 41.0 Å². The molecule has 0 aliphatic rings. The first-order chi connectivity index (χ1) is 9.10. The van der Waals surface area contributed by atoms with Gasteiger partial charge in [0.2, 0.25) is 0 Å². The van der Waals surface area contributed by atoms with Crippen LogP contribution in [0.4, 0.5) is 11.5 Å². The van der Waals surface area contributed by atoms with Crippen molar-refractivity contribution in [2.45, 2.75) is 0 Å².